The summed E-state index contributed by atoms with van der Waals surface area (Å²) in [6, 6.07) is 22.9. The highest BCUT2D eigenvalue weighted by molar-refractivity contribution is 7.92. The maximum absolute atomic E-state index is 12.7. The largest absolute Gasteiger partial charge is 0.493 e. The van der Waals surface area contributed by atoms with Gasteiger partial charge in [0.05, 0.1) is 23.3 Å². The first-order valence-electron chi connectivity index (χ1n) is 13.7. The number of para-hydroxylation sites is 1. The van der Waals surface area contributed by atoms with Crippen molar-refractivity contribution in [1.29, 1.82) is 0 Å². The van der Waals surface area contributed by atoms with E-state index in [1.165, 1.54) is 0 Å². The molecule has 0 amide bonds. The van der Waals surface area contributed by atoms with Crippen LogP contribution < -0.4 is 9.46 Å². The van der Waals surface area contributed by atoms with Gasteiger partial charge >= 0.3 is 5.97 Å². The lowest BCUT2D eigenvalue weighted by molar-refractivity contribution is -0.147. The number of esters is 1. The Kier molecular flexibility index (Phi) is 11.6. The fourth-order valence-electron chi connectivity index (χ4n) is 3.91. The third-order valence-corrected chi connectivity index (χ3v) is 8.01. The van der Waals surface area contributed by atoms with E-state index in [0.29, 0.717) is 30.7 Å². The predicted octanol–water partition coefficient (Wildman–Crippen LogP) is 6.41. The Bertz CT molecular complexity index is 1460. The zero-order valence-electron chi connectivity index (χ0n) is 24.3. The molecule has 218 valence electrons. The summed E-state index contributed by atoms with van der Waals surface area (Å²) in [7, 11) is -5.62. The molecule has 0 heterocycles. The molecule has 0 aliphatic heterocycles. The fraction of sp³-hybridized carbons (Fsp3) is 0.344. The summed E-state index contributed by atoms with van der Waals surface area (Å²) in [6.45, 7) is 10.4. The number of rotatable bonds is 13. The highest BCUT2D eigenvalue weighted by Gasteiger charge is 2.20. The Morgan fingerprint density at radius 2 is 1.66 bits per heavy atom. The van der Waals surface area contributed by atoms with E-state index in [9.17, 15) is 13.2 Å². The van der Waals surface area contributed by atoms with Gasteiger partial charge < -0.3 is 13.9 Å². The van der Waals surface area contributed by atoms with Gasteiger partial charge in [0, 0.05) is 18.4 Å². The van der Waals surface area contributed by atoms with Crippen molar-refractivity contribution in [1.82, 2.24) is 0 Å². The normalized spacial score (nSPS) is 12.2. The Morgan fingerprint density at radius 1 is 0.951 bits per heavy atom. The third kappa shape index (κ3) is 11.4. The molecule has 0 aromatic heterocycles. The SMILES string of the molecule is CC(C)OC(=O)CCc1ccccc1OCCC(C#Cc1cccc(NS(=O)(=O)c2ccccc2)c1)O[Si](C)(C)C. The third-order valence-electron chi connectivity index (χ3n) is 5.62. The number of carbonyl (C=O) groups excluding carboxylic acids is 1. The number of anilines is 1. The summed E-state index contributed by atoms with van der Waals surface area (Å²) >= 11 is 0. The van der Waals surface area contributed by atoms with Crippen molar-refractivity contribution in [3.8, 4) is 17.6 Å². The van der Waals surface area contributed by atoms with Gasteiger partial charge in [0.25, 0.3) is 10.0 Å². The second-order valence-electron chi connectivity index (χ2n) is 10.8. The second-order valence-corrected chi connectivity index (χ2v) is 16.9. The zero-order chi connectivity index (χ0) is 29.9. The van der Waals surface area contributed by atoms with Gasteiger partial charge in [-0.2, -0.15) is 0 Å². The number of ether oxygens (including phenoxy) is 2. The lowest BCUT2D eigenvalue weighted by Gasteiger charge is -2.23. The smallest absolute Gasteiger partial charge is 0.306 e. The molecule has 1 atom stereocenters. The Balaban J connectivity index is 1.67. The first-order valence-corrected chi connectivity index (χ1v) is 18.6. The summed E-state index contributed by atoms with van der Waals surface area (Å²) in [4.78, 5) is 12.2. The monoisotopic (exact) mass is 593 g/mol. The number of aryl methyl sites for hydroxylation is 1. The summed E-state index contributed by atoms with van der Waals surface area (Å²) in [5.74, 6) is 6.86. The molecule has 1 unspecified atom stereocenters. The minimum atomic E-state index is -3.70. The molecule has 0 bridgehead atoms. The number of benzene rings is 3. The van der Waals surface area contributed by atoms with Gasteiger partial charge in [-0.05, 0) is 81.9 Å². The topological polar surface area (TPSA) is 90.9 Å². The van der Waals surface area contributed by atoms with Crippen LogP contribution in [0.1, 0.15) is 37.8 Å². The molecule has 0 radical (unpaired) electrons. The molecule has 0 aliphatic rings. The van der Waals surface area contributed by atoms with Crippen LogP contribution in [-0.2, 0) is 30.4 Å². The van der Waals surface area contributed by atoms with Crippen molar-refractivity contribution in [3.63, 3.8) is 0 Å². The lowest BCUT2D eigenvalue weighted by Crippen LogP contribution is -2.32. The van der Waals surface area contributed by atoms with Crippen LogP contribution in [0.25, 0.3) is 0 Å². The second kappa shape index (κ2) is 14.9. The summed E-state index contributed by atoms with van der Waals surface area (Å²) in [6.07, 6.45) is 0.854. The van der Waals surface area contributed by atoms with Crippen LogP contribution >= 0.6 is 0 Å². The molecular weight excluding hydrogens is 555 g/mol. The summed E-state index contributed by atoms with van der Waals surface area (Å²) < 4.78 is 45.7. The Morgan fingerprint density at radius 3 is 2.37 bits per heavy atom. The maximum Gasteiger partial charge on any atom is 0.306 e. The number of hydrogen-bond acceptors (Lipinski definition) is 6. The van der Waals surface area contributed by atoms with Crippen molar-refractivity contribution < 1.29 is 27.1 Å². The van der Waals surface area contributed by atoms with Crippen LogP contribution in [0.4, 0.5) is 5.69 Å². The average Bonchev–Trinajstić information content (AvgIpc) is 2.90. The van der Waals surface area contributed by atoms with E-state index >= 15 is 0 Å². The molecule has 0 saturated heterocycles. The molecule has 0 fully saturated rings. The van der Waals surface area contributed by atoms with Crippen LogP contribution in [-0.4, -0.2) is 41.5 Å². The van der Waals surface area contributed by atoms with Crippen molar-refractivity contribution >= 4 is 30.0 Å². The molecule has 1 N–H and O–H groups in total. The quantitative estimate of drug-likeness (QED) is 0.140. The van der Waals surface area contributed by atoms with E-state index < -0.39 is 18.3 Å². The van der Waals surface area contributed by atoms with E-state index in [-0.39, 0.29) is 29.5 Å². The molecule has 3 aromatic carbocycles. The van der Waals surface area contributed by atoms with Crippen molar-refractivity contribution in [2.24, 2.45) is 0 Å². The molecule has 3 aromatic rings. The molecule has 0 spiro atoms. The van der Waals surface area contributed by atoms with E-state index in [0.717, 1.165) is 11.3 Å². The van der Waals surface area contributed by atoms with E-state index in [2.05, 4.69) is 36.2 Å². The highest BCUT2D eigenvalue weighted by Crippen LogP contribution is 2.21. The minimum Gasteiger partial charge on any atom is -0.493 e. The van der Waals surface area contributed by atoms with Gasteiger partial charge in [0.15, 0.2) is 8.32 Å². The highest BCUT2D eigenvalue weighted by atomic mass is 32.2. The van der Waals surface area contributed by atoms with Gasteiger partial charge in [0.2, 0.25) is 0 Å². The van der Waals surface area contributed by atoms with Crippen LogP contribution in [0.3, 0.4) is 0 Å². The van der Waals surface area contributed by atoms with Crippen LogP contribution in [0.2, 0.25) is 19.6 Å². The van der Waals surface area contributed by atoms with Crippen LogP contribution in [0, 0.1) is 11.8 Å². The molecular formula is C32H39NO6SSi. The van der Waals surface area contributed by atoms with Crippen LogP contribution in [0.5, 0.6) is 5.75 Å². The van der Waals surface area contributed by atoms with Gasteiger partial charge in [-0.3, -0.25) is 9.52 Å². The van der Waals surface area contributed by atoms with Gasteiger partial charge in [-0.1, -0.05) is 54.3 Å². The maximum atomic E-state index is 12.7. The first-order chi connectivity index (χ1) is 19.4. The predicted molar refractivity (Wildman–Crippen MR) is 165 cm³/mol. The molecule has 7 nitrogen and oxygen atoms in total. The molecule has 41 heavy (non-hydrogen) atoms. The van der Waals surface area contributed by atoms with E-state index in [1.54, 1.807) is 48.5 Å². The fourth-order valence-corrected chi connectivity index (χ4v) is 6.01. The Labute approximate surface area is 245 Å². The summed E-state index contributed by atoms with van der Waals surface area (Å²) in [5, 5.41) is 0. The van der Waals surface area contributed by atoms with Gasteiger partial charge in [-0.15, -0.1) is 0 Å². The molecule has 0 saturated carbocycles. The molecule has 3 rings (SSSR count). The zero-order valence-corrected chi connectivity index (χ0v) is 26.2. The van der Waals surface area contributed by atoms with E-state index in [4.69, 9.17) is 13.9 Å². The van der Waals surface area contributed by atoms with Crippen LogP contribution in [0.15, 0.2) is 83.8 Å². The first kappa shape index (κ1) is 31.9. The molecule has 9 heteroatoms. The average molecular weight is 594 g/mol. The van der Waals surface area contributed by atoms with E-state index in [1.807, 2.05) is 44.2 Å². The number of hydrogen-bond donors (Lipinski definition) is 1. The standard InChI is InChI=1S/C32H39NO6SSi/c1-25(2)38-32(34)21-19-27-13-9-10-17-31(27)37-23-22-29(39-41(3,4)5)20-18-26-12-11-14-28(24-26)33-40(35,36)30-15-7-6-8-16-30/h6-17,24-25,29,33H,19,21-23H2,1-5H3. The van der Waals surface area contributed by atoms with Gasteiger partial charge in [-0.25, -0.2) is 8.42 Å². The van der Waals surface area contributed by atoms with Crippen molar-refractivity contribution in [2.45, 2.75) is 69.9 Å². The van der Waals surface area contributed by atoms with Crippen molar-refractivity contribution in [3.05, 3.63) is 90.0 Å². The van der Waals surface area contributed by atoms with Crippen molar-refractivity contribution in [2.75, 3.05) is 11.3 Å². The summed E-state index contributed by atoms with van der Waals surface area (Å²) in [5.41, 5.74) is 2.04. The Hall–Kier alpha value is -3.58. The lowest BCUT2D eigenvalue weighted by atomic mass is 10.1. The number of nitrogens with one attached hydrogen (secondary N) is 1. The molecule has 0 aliphatic carbocycles. The number of carbonyl (C=O) groups is 1. The van der Waals surface area contributed by atoms with Gasteiger partial charge in [0.1, 0.15) is 11.9 Å². The minimum absolute atomic E-state index is 0.139. The number of sulfonamides is 1.